The molecule has 0 atom stereocenters. The van der Waals surface area contributed by atoms with E-state index in [9.17, 15) is 0 Å². The van der Waals surface area contributed by atoms with E-state index in [1.165, 1.54) is 19.3 Å². The van der Waals surface area contributed by atoms with Crippen molar-refractivity contribution in [2.24, 2.45) is 16.6 Å². The van der Waals surface area contributed by atoms with Crippen LogP contribution in [0.3, 0.4) is 0 Å². The van der Waals surface area contributed by atoms with E-state index in [0.29, 0.717) is 29.9 Å². The van der Waals surface area contributed by atoms with Gasteiger partial charge < -0.3 is 20.5 Å². The first-order valence-corrected chi connectivity index (χ1v) is 8.22. The zero-order chi connectivity index (χ0) is 15.4. The lowest BCUT2D eigenvalue weighted by Crippen LogP contribution is -2.34. The molecule has 1 saturated carbocycles. The zero-order valence-electron chi connectivity index (χ0n) is 13.0. The monoisotopic (exact) mass is 451 g/mol. The van der Waals surface area contributed by atoms with Crippen LogP contribution in [0.1, 0.15) is 24.8 Å². The van der Waals surface area contributed by atoms with Crippen molar-refractivity contribution in [3.8, 4) is 11.5 Å². The van der Waals surface area contributed by atoms with Crippen LogP contribution in [0.5, 0.6) is 11.5 Å². The third kappa shape index (κ3) is 5.04. The average Bonchev–Trinajstić information content (AvgIpc) is 2.46. The lowest BCUT2D eigenvalue weighted by atomic mass is 9.86. The van der Waals surface area contributed by atoms with Crippen molar-refractivity contribution in [3.63, 3.8) is 0 Å². The molecule has 5 nitrogen and oxygen atoms in total. The highest BCUT2D eigenvalue weighted by atomic mass is 127. The van der Waals surface area contributed by atoms with Crippen molar-refractivity contribution < 1.29 is 9.47 Å². The van der Waals surface area contributed by atoms with Crippen molar-refractivity contribution in [2.45, 2.75) is 25.7 Å². The molecule has 1 aromatic rings. The van der Waals surface area contributed by atoms with Crippen molar-refractivity contribution in [1.82, 2.24) is 5.32 Å². The number of hydrogen-bond donors (Lipinski definition) is 2. The molecule has 1 aliphatic heterocycles. The van der Waals surface area contributed by atoms with Crippen LogP contribution in [0.4, 0.5) is 0 Å². The van der Waals surface area contributed by atoms with Gasteiger partial charge in [0.1, 0.15) is 13.2 Å². The van der Waals surface area contributed by atoms with Crippen LogP contribution in [0.15, 0.2) is 17.1 Å². The van der Waals surface area contributed by atoms with Crippen LogP contribution in [0.25, 0.3) is 0 Å². The normalized spacial score (nSPS) is 17.2. The molecule has 0 amide bonds. The molecule has 1 heterocycles. The number of aliphatic imine (C=N–C) groups is 1. The number of hydrogen-bond acceptors (Lipinski definition) is 3. The summed E-state index contributed by atoms with van der Waals surface area (Å²) < 4.78 is 11.1. The van der Waals surface area contributed by atoms with Crippen molar-refractivity contribution in [1.29, 1.82) is 0 Å². The predicted octanol–water partition coefficient (Wildman–Crippen LogP) is 2.98. The van der Waals surface area contributed by atoms with E-state index in [2.05, 4.69) is 10.3 Å². The lowest BCUT2D eigenvalue weighted by molar-refractivity contribution is 0.171. The first-order chi connectivity index (χ1) is 10.7. The molecule has 128 valence electrons. The molecular weight excluding hydrogens is 429 g/mol. The second-order valence-corrected chi connectivity index (χ2v) is 6.21. The second-order valence-electron chi connectivity index (χ2n) is 5.80. The summed E-state index contributed by atoms with van der Waals surface area (Å²) >= 11 is 6.22. The number of rotatable bonds is 5. The van der Waals surface area contributed by atoms with E-state index in [0.717, 1.165) is 36.7 Å². The Morgan fingerprint density at radius 2 is 2.09 bits per heavy atom. The Morgan fingerprint density at radius 3 is 2.83 bits per heavy atom. The molecule has 7 heteroatoms. The van der Waals surface area contributed by atoms with Gasteiger partial charge in [0.2, 0.25) is 0 Å². The number of benzene rings is 1. The highest BCUT2D eigenvalue weighted by Crippen LogP contribution is 2.38. The smallest absolute Gasteiger partial charge is 0.188 e. The zero-order valence-corrected chi connectivity index (χ0v) is 16.1. The van der Waals surface area contributed by atoms with Gasteiger partial charge in [-0.25, -0.2) is 0 Å². The molecule has 2 aliphatic rings. The summed E-state index contributed by atoms with van der Waals surface area (Å²) in [7, 11) is 0. The maximum absolute atomic E-state index is 6.22. The maximum atomic E-state index is 6.22. The Morgan fingerprint density at radius 1 is 1.30 bits per heavy atom. The van der Waals surface area contributed by atoms with Crippen LogP contribution in [-0.2, 0) is 6.42 Å². The van der Waals surface area contributed by atoms with E-state index >= 15 is 0 Å². The quantitative estimate of drug-likeness (QED) is 0.410. The van der Waals surface area contributed by atoms with E-state index in [1.54, 1.807) is 0 Å². The fraction of sp³-hybridized carbons (Fsp3) is 0.562. The Hall–Kier alpha value is -0.890. The molecule has 3 N–H and O–H groups in total. The van der Waals surface area contributed by atoms with Gasteiger partial charge in [-0.1, -0.05) is 18.0 Å². The van der Waals surface area contributed by atoms with Crippen molar-refractivity contribution >= 4 is 41.5 Å². The number of nitrogens with one attached hydrogen (secondary N) is 1. The van der Waals surface area contributed by atoms with Gasteiger partial charge in [0, 0.05) is 13.1 Å². The number of nitrogens with zero attached hydrogens (tertiary/aromatic N) is 1. The highest BCUT2D eigenvalue weighted by molar-refractivity contribution is 14.0. The van der Waals surface area contributed by atoms with Gasteiger partial charge >= 0.3 is 0 Å². The highest BCUT2D eigenvalue weighted by Gasteiger charge is 2.17. The number of fused-ring (bicyclic) bond motifs is 1. The minimum atomic E-state index is 0. The van der Waals surface area contributed by atoms with Crippen LogP contribution in [-0.4, -0.2) is 32.3 Å². The van der Waals surface area contributed by atoms with Crippen molar-refractivity contribution in [2.75, 3.05) is 26.3 Å². The largest absolute Gasteiger partial charge is 0.486 e. The molecular formula is C16H23ClIN3O2. The molecule has 0 saturated heterocycles. The van der Waals surface area contributed by atoms with Crippen LogP contribution in [0, 0.1) is 5.92 Å². The summed E-state index contributed by atoms with van der Waals surface area (Å²) in [6.45, 7) is 2.66. The molecule has 1 aliphatic carbocycles. The van der Waals surface area contributed by atoms with Crippen LogP contribution < -0.4 is 20.5 Å². The van der Waals surface area contributed by atoms with Gasteiger partial charge in [0.25, 0.3) is 0 Å². The molecule has 1 aromatic carbocycles. The Balaban J connectivity index is 0.00000192. The molecule has 23 heavy (non-hydrogen) atoms. The lowest BCUT2D eigenvalue weighted by Gasteiger charge is -2.23. The summed E-state index contributed by atoms with van der Waals surface area (Å²) in [5, 5.41) is 3.74. The molecule has 0 spiro atoms. The number of guanidine groups is 1. The molecule has 0 bridgehead atoms. The second kappa shape index (κ2) is 8.82. The standard InChI is InChI=1S/C16H22ClN3O2.HI/c17-13-8-12(9-14-15(13)22-7-6-21-14)4-5-19-16(18)20-10-11-2-1-3-11;/h8-9,11H,1-7,10H2,(H3,18,19,20);1H. The van der Waals surface area contributed by atoms with E-state index in [4.69, 9.17) is 26.8 Å². The van der Waals surface area contributed by atoms with Gasteiger partial charge in [-0.05, 0) is 42.9 Å². The van der Waals surface area contributed by atoms with Crippen LogP contribution in [0.2, 0.25) is 5.02 Å². The molecule has 0 aromatic heterocycles. The third-order valence-electron chi connectivity index (χ3n) is 4.12. The SMILES string of the molecule is I.NC(=NCC1CCC1)NCCc1cc(Cl)c2c(c1)OCCO2. The summed E-state index contributed by atoms with van der Waals surface area (Å²) in [5.74, 6) is 2.62. The number of halogens is 2. The van der Waals surface area contributed by atoms with Gasteiger partial charge in [-0.2, -0.15) is 0 Å². The Labute approximate surface area is 159 Å². The van der Waals surface area contributed by atoms with Gasteiger partial charge in [0.15, 0.2) is 17.5 Å². The Kier molecular flexibility index (Phi) is 7.08. The summed E-state index contributed by atoms with van der Waals surface area (Å²) in [6.07, 6.45) is 4.70. The first-order valence-electron chi connectivity index (χ1n) is 7.84. The molecule has 0 unspecified atom stereocenters. The summed E-state index contributed by atoms with van der Waals surface area (Å²) in [4.78, 5) is 4.38. The maximum Gasteiger partial charge on any atom is 0.188 e. The summed E-state index contributed by atoms with van der Waals surface area (Å²) in [5.41, 5.74) is 6.97. The number of nitrogens with two attached hydrogens (primary N) is 1. The molecule has 0 radical (unpaired) electrons. The van der Waals surface area contributed by atoms with Gasteiger partial charge in [-0.3, -0.25) is 4.99 Å². The molecule has 1 fully saturated rings. The Bertz CT molecular complexity index is 565. The predicted molar refractivity (Wildman–Crippen MR) is 103 cm³/mol. The fourth-order valence-electron chi connectivity index (χ4n) is 2.60. The van der Waals surface area contributed by atoms with E-state index < -0.39 is 0 Å². The molecule has 3 rings (SSSR count). The third-order valence-corrected chi connectivity index (χ3v) is 4.40. The minimum absolute atomic E-state index is 0. The van der Waals surface area contributed by atoms with E-state index in [-0.39, 0.29) is 24.0 Å². The summed E-state index contributed by atoms with van der Waals surface area (Å²) in [6, 6.07) is 3.89. The van der Waals surface area contributed by atoms with Gasteiger partial charge in [0.05, 0.1) is 5.02 Å². The number of ether oxygens (including phenoxy) is 2. The first kappa shape index (κ1) is 18.4. The van der Waals surface area contributed by atoms with Crippen LogP contribution >= 0.6 is 35.6 Å². The topological polar surface area (TPSA) is 68.9 Å². The van der Waals surface area contributed by atoms with Crippen molar-refractivity contribution in [3.05, 3.63) is 22.7 Å². The fourth-order valence-corrected chi connectivity index (χ4v) is 2.89. The minimum Gasteiger partial charge on any atom is -0.486 e. The average molecular weight is 452 g/mol. The van der Waals surface area contributed by atoms with E-state index in [1.807, 2.05) is 12.1 Å². The van der Waals surface area contributed by atoms with Gasteiger partial charge in [-0.15, -0.1) is 24.0 Å².